The number of thioether (sulfide) groups is 1. The second kappa shape index (κ2) is 4.43. The Morgan fingerprint density at radius 1 is 1.71 bits per heavy atom. The molecule has 1 aromatic heterocycles. The molecule has 0 aliphatic carbocycles. The molecule has 5 heteroatoms. The van der Waals surface area contributed by atoms with Crippen LogP contribution in [0, 0.1) is 0 Å². The van der Waals surface area contributed by atoms with Gasteiger partial charge in [-0.25, -0.2) is 0 Å². The van der Waals surface area contributed by atoms with E-state index < -0.39 is 0 Å². The van der Waals surface area contributed by atoms with Crippen LogP contribution in [0.1, 0.15) is 0 Å². The van der Waals surface area contributed by atoms with E-state index in [1.54, 1.807) is 30.2 Å². The Labute approximate surface area is 86.5 Å². The van der Waals surface area contributed by atoms with Gasteiger partial charge in [0.15, 0.2) is 0 Å². The van der Waals surface area contributed by atoms with E-state index in [2.05, 4.69) is 15.6 Å². The van der Waals surface area contributed by atoms with Crippen LogP contribution in [0.2, 0.25) is 0 Å². The number of pyridine rings is 1. The molecule has 1 unspecified atom stereocenters. The fourth-order valence-electron chi connectivity index (χ4n) is 1.24. The van der Waals surface area contributed by atoms with Crippen molar-refractivity contribution >= 4 is 23.4 Å². The summed E-state index contributed by atoms with van der Waals surface area (Å²) in [6, 6.07) is 3.62. The van der Waals surface area contributed by atoms with Gasteiger partial charge in [0.25, 0.3) is 5.91 Å². The van der Waals surface area contributed by atoms with Gasteiger partial charge in [0.05, 0.1) is 11.9 Å². The summed E-state index contributed by atoms with van der Waals surface area (Å²) in [5.74, 6) is 0.992. The molecule has 4 nitrogen and oxygen atoms in total. The lowest BCUT2D eigenvalue weighted by molar-refractivity contribution is -0.116. The molecule has 1 fully saturated rings. The maximum absolute atomic E-state index is 11.6. The Morgan fingerprint density at radius 2 is 2.64 bits per heavy atom. The molecule has 1 aromatic rings. The molecule has 1 saturated heterocycles. The summed E-state index contributed by atoms with van der Waals surface area (Å²) in [6.07, 6.45) is 3.32. The van der Waals surface area contributed by atoms with Crippen molar-refractivity contribution in [3.63, 3.8) is 0 Å². The summed E-state index contributed by atoms with van der Waals surface area (Å²) >= 11 is 1.63. The maximum Gasteiger partial charge on any atom is 0.251 e. The summed E-state index contributed by atoms with van der Waals surface area (Å²) in [7, 11) is 0. The molecule has 1 amide bonds. The zero-order valence-corrected chi connectivity index (χ0v) is 8.38. The predicted molar refractivity (Wildman–Crippen MR) is 57.1 cm³/mol. The highest BCUT2D eigenvalue weighted by Gasteiger charge is 2.22. The largest absolute Gasteiger partial charge is 0.323 e. The summed E-state index contributed by atoms with van der Waals surface area (Å²) in [4.78, 5) is 15.5. The van der Waals surface area contributed by atoms with Gasteiger partial charge in [0, 0.05) is 18.5 Å². The number of carbonyl (C=O) groups excluding carboxylic acids is 1. The second-order valence-corrected chi connectivity index (χ2v) is 4.15. The molecule has 14 heavy (non-hydrogen) atoms. The first-order valence-corrected chi connectivity index (χ1v) is 5.47. The van der Waals surface area contributed by atoms with Crippen LogP contribution in [-0.4, -0.2) is 28.6 Å². The third-order valence-electron chi connectivity index (χ3n) is 1.88. The van der Waals surface area contributed by atoms with Crippen molar-refractivity contribution in [2.45, 2.75) is 5.37 Å². The molecule has 2 heterocycles. The molecule has 1 aliphatic rings. The Hall–Kier alpha value is -1.07. The average molecular weight is 209 g/mol. The van der Waals surface area contributed by atoms with E-state index in [0.717, 1.165) is 18.0 Å². The lowest BCUT2D eigenvalue weighted by Gasteiger charge is -2.09. The van der Waals surface area contributed by atoms with Gasteiger partial charge in [-0.1, -0.05) is 0 Å². The van der Waals surface area contributed by atoms with Crippen molar-refractivity contribution in [1.82, 2.24) is 10.3 Å². The third-order valence-corrected chi connectivity index (χ3v) is 3.04. The molecule has 0 radical (unpaired) electrons. The number of hydrogen-bond acceptors (Lipinski definition) is 4. The SMILES string of the molecule is O=C(Nc1cccnc1)C1NCCS1. The molecule has 0 bridgehead atoms. The minimum Gasteiger partial charge on any atom is -0.323 e. The first kappa shape index (κ1) is 9.48. The minimum absolute atomic E-state index is 0.000463. The van der Waals surface area contributed by atoms with Crippen LogP contribution in [0.5, 0.6) is 0 Å². The fourth-order valence-corrected chi connectivity index (χ4v) is 2.16. The number of hydrogen-bond donors (Lipinski definition) is 2. The molecule has 1 aliphatic heterocycles. The number of nitrogens with one attached hydrogen (secondary N) is 2. The lowest BCUT2D eigenvalue weighted by atomic mass is 10.4. The van der Waals surface area contributed by atoms with Gasteiger partial charge in [-0.05, 0) is 12.1 Å². The molecule has 74 valence electrons. The number of carbonyl (C=O) groups is 1. The van der Waals surface area contributed by atoms with Gasteiger partial charge in [0.1, 0.15) is 5.37 Å². The van der Waals surface area contributed by atoms with E-state index in [-0.39, 0.29) is 11.3 Å². The highest BCUT2D eigenvalue weighted by atomic mass is 32.2. The van der Waals surface area contributed by atoms with Crippen molar-refractivity contribution in [2.24, 2.45) is 0 Å². The van der Waals surface area contributed by atoms with Crippen LogP contribution in [-0.2, 0) is 4.79 Å². The quantitative estimate of drug-likeness (QED) is 0.752. The van der Waals surface area contributed by atoms with Gasteiger partial charge >= 0.3 is 0 Å². The van der Waals surface area contributed by atoms with Gasteiger partial charge < -0.3 is 5.32 Å². The minimum atomic E-state index is -0.116. The number of nitrogens with zero attached hydrogens (tertiary/aromatic N) is 1. The molecule has 0 saturated carbocycles. The van der Waals surface area contributed by atoms with E-state index in [1.165, 1.54) is 0 Å². The molecule has 1 atom stereocenters. The molecule has 0 spiro atoms. The smallest absolute Gasteiger partial charge is 0.251 e. The first-order chi connectivity index (χ1) is 6.86. The van der Waals surface area contributed by atoms with Gasteiger partial charge in [-0.3, -0.25) is 15.1 Å². The number of rotatable bonds is 2. The van der Waals surface area contributed by atoms with Gasteiger partial charge in [-0.2, -0.15) is 0 Å². The normalized spacial score (nSPS) is 20.7. The average Bonchev–Trinajstić information content (AvgIpc) is 2.72. The van der Waals surface area contributed by atoms with Crippen molar-refractivity contribution in [3.05, 3.63) is 24.5 Å². The zero-order chi connectivity index (χ0) is 9.80. The van der Waals surface area contributed by atoms with Crippen molar-refractivity contribution in [1.29, 1.82) is 0 Å². The van der Waals surface area contributed by atoms with Crippen LogP contribution in [0.25, 0.3) is 0 Å². The maximum atomic E-state index is 11.6. The van der Waals surface area contributed by atoms with Gasteiger partial charge in [-0.15, -0.1) is 11.8 Å². The predicted octanol–water partition coefficient (Wildman–Crippen LogP) is 0.683. The second-order valence-electron chi connectivity index (χ2n) is 2.94. The van der Waals surface area contributed by atoms with E-state index in [1.807, 2.05) is 6.07 Å². The number of amides is 1. The molecule has 2 N–H and O–H groups in total. The zero-order valence-electron chi connectivity index (χ0n) is 7.56. The number of anilines is 1. The Bertz CT molecular complexity index is 311. The summed E-state index contributed by atoms with van der Waals surface area (Å²) < 4.78 is 0. The first-order valence-electron chi connectivity index (χ1n) is 4.42. The Morgan fingerprint density at radius 3 is 3.29 bits per heavy atom. The van der Waals surface area contributed by atoms with Crippen LogP contribution >= 0.6 is 11.8 Å². The summed E-state index contributed by atoms with van der Waals surface area (Å²) in [5, 5.41) is 5.79. The van der Waals surface area contributed by atoms with Crippen LogP contribution in [0.4, 0.5) is 5.69 Å². The third kappa shape index (κ3) is 2.24. The van der Waals surface area contributed by atoms with Crippen molar-refractivity contribution in [3.8, 4) is 0 Å². The van der Waals surface area contributed by atoms with Crippen LogP contribution in [0.3, 0.4) is 0 Å². The summed E-state index contributed by atoms with van der Waals surface area (Å²) in [6.45, 7) is 0.899. The van der Waals surface area contributed by atoms with Crippen LogP contribution in [0.15, 0.2) is 24.5 Å². The van der Waals surface area contributed by atoms with Crippen molar-refractivity contribution < 1.29 is 4.79 Å². The van der Waals surface area contributed by atoms with E-state index in [4.69, 9.17) is 0 Å². The fraction of sp³-hybridized carbons (Fsp3) is 0.333. The molecule has 0 aromatic carbocycles. The van der Waals surface area contributed by atoms with E-state index >= 15 is 0 Å². The van der Waals surface area contributed by atoms with E-state index in [9.17, 15) is 4.79 Å². The topological polar surface area (TPSA) is 54.0 Å². The summed E-state index contributed by atoms with van der Waals surface area (Å²) in [5.41, 5.74) is 0.742. The molecular weight excluding hydrogens is 198 g/mol. The highest BCUT2D eigenvalue weighted by molar-refractivity contribution is 8.00. The van der Waals surface area contributed by atoms with E-state index in [0.29, 0.717) is 0 Å². The van der Waals surface area contributed by atoms with Crippen molar-refractivity contribution in [2.75, 3.05) is 17.6 Å². The van der Waals surface area contributed by atoms with Crippen LogP contribution < -0.4 is 10.6 Å². The number of aromatic nitrogens is 1. The highest BCUT2D eigenvalue weighted by Crippen LogP contribution is 2.15. The molecular formula is C9H11N3OS. The molecule has 2 rings (SSSR count). The standard InChI is InChI=1S/C9H11N3OS/c13-8(9-11-4-5-14-9)12-7-2-1-3-10-6-7/h1-3,6,9,11H,4-5H2,(H,12,13). The Kier molecular flexibility index (Phi) is 3.00. The van der Waals surface area contributed by atoms with Gasteiger partial charge in [0.2, 0.25) is 0 Å². The monoisotopic (exact) mass is 209 g/mol. The Balaban J connectivity index is 1.94. The lowest BCUT2D eigenvalue weighted by Crippen LogP contribution is -2.33.